The Hall–Kier alpha value is -1.72. The molecule has 2 N–H and O–H groups in total. The molecule has 100 valence electrons. The van der Waals surface area contributed by atoms with E-state index in [4.69, 9.17) is 11.6 Å². The van der Waals surface area contributed by atoms with Crippen molar-refractivity contribution < 1.29 is 13.5 Å². The molecule has 0 aromatic heterocycles. The molecule has 4 nitrogen and oxygen atoms in total. The molecule has 0 spiro atoms. The number of rotatable bonds is 3. The van der Waals surface area contributed by atoms with E-state index in [9.17, 15) is 13.5 Å². The molecule has 0 saturated heterocycles. The van der Waals surface area contributed by atoms with Gasteiger partial charge in [0.1, 0.15) is 5.75 Å². The van der Waals surface area contributed by atoms with Gasteiger partial charge in [-0.15, -0.1) is 0 Å². The van der Waals surface area contributed by atoms with Gasteiger partial charge in [0.2, 0.25) is 0 Å². The van der Waals surface area contributed by atoms with Crippen LogP contribution in [0.5, 0.6) is 5.75 Å². The molecule has 2 aromatic rings. The average molecular weight is 298 g/mol. The maximum Gasteiger partial charge on any atom is 0.261 e. The Kier molecular flexibility index (Phi) is 3.68. The second kappa shape index (κ2) is 5.11. The van der Waals surface area contributed by atoms with Gasteiger partial charge >= 0.3 is 0 Å². The number of aryl methyl sites for hydroxylation is 1. The number of aromatic hydroxyl groups is 1. The van der Waals surface area contributed by atoms with E-state index >= 15 is 0 Å². The summed E-state index contributed by atoms with van der Waals surface area (Å²) >= 11 is 5.86. The van der Waals surface area contributed by atoms with Crippen LogP contribution in [0.3, 0.4) is 0 Å². The summed E-state index contributed by atoms with van der Waals surface area (Å²) in [6, 6.07) is 10.5. The van der Waals surface area contributed by atoms with Crippen LogP contribution in [0.25, 0.3) is 0 Å². The van der Waals surface area contributed by atoms with Crippen molar-refractivity contribution in [2.45, 2.75) is 11.8 Å². The molecule has 0 radical (unpaired) electrons. The fraction of sp³-hybridized carbons (Fsp3) is 0.0769. The van der Waals surface area contributed by atoms with Crippen molar-refractivity contribution in [3.8, 4) is 5.75 Å². The standard InChI is InChI=1S/C13H12ClNO3S/c1-9-2-5-11(6-3-9)19(17,18)15-13-7-4-10(16)8-12(13)14/h2-8,15-16H,1H3. The Morgan fingerprint density at radius 3 is 2.32 bits per heavy atom. The van der Waals surface area contributed by atoms with E-state index in [1.165, 1.54) is 30.3 Å². The molecular formula is C13H12ClNO3S. The topological polar surface area (TPSA) is 66.4 Å². The van der Waals surface area contributed by atoms with Crippen molar-refractivity contribution in [2.75, 3.05) is 4.72 Å². The van der Waals surface area contributed by atoms with Gasteiger partial charge in [0.25, 0.3) is 10.0 Å². The molecule has 0 bridgehead atoms. The minimum absolute atomic E-state index is 0.0247. The predicted octanol–water partition coefficient (Wildman–Crippen LogP) is 3.15. The fourth-order valence-corrected chi connectivity index (χ4v) is 2.87. The van der Waals surface area contributed by atoms with Gasteiger partial charge in [0.15, 0.2) is 0 Å². The van der Waals surface area contributed by atoms with Gasteiger partial charge in [-0.1, -0.05) is 29.3 Å². The van der Waals surface area contributed by atoms with E-state index in [2.05, 4.69) is 4.72 Å². The highest BCUT2D eigenvalue weighted by molar-refractivity contribution is 7.92. The Balaban J connectivity index is 2.33. The molecule has 0 fully saturated rings. The molecule has 2 aromatic carbocycles. The number of hydrogen-bond acceptors (Lipinski definition) is 3. The zero-order valence-electron chi connectivity index (χ0n) is 10.1. The van der Waals surface area contributed by atoms with Crippen LogP contribution in [0.4, 0.5) is 5.69 Å². The quantitative estimate of drug-likeness (QED) is 0.855. The van der Waals surface area contributed by atoms with E-state index in [-0.39, 0.29) is 21.4 Å². The highest BCUT2D eigenvalue weighted by atomic mass is 35.5. The number of hydrogen-bond donors (Lipinski definition) is 2. The second-order valence-corrected chi connectivity index (χ2v) is 6.17. The maximum atomic E-state index is 12.1. The van der Waals surface area contributed by atoms with Crippen molar-refractivity contribution in [2.24, 2.45) is 0 Å². The summed E-state index contributed by atoms with van der Waals surface area (Å²) in [6.45, 7) is 1.88. The molecule has 6 heteroatoms. The Labute approximate surface area is 116 Å². The number of benzene rings is 2. The number of phenolic OH excluding ortho intramolecular Hbond substituents is 1. The summed E-state index contributed by atoms with van der Waals surface area (Å²) in [5, 5.41) is 9.36. The van der Waals surface area contributed by atoms with E-state index in [0.717, 1.165) is 5.56 Å². The first kappa shape index (κ1) is 13.7. The van der Waals surface area contributed by atoms with Crippen LogP contribution >= 0.6 is 11.6 Å². The van der Waals surface area contributed by atoms with Crippen molar-refractivity contribution >= 4 is 27.3 Å². The van der Waals surface area contributed by atoms with Gasteiger partial charge in [0.05, 0.1) is 15.6 Å². The average Bonchev–Trinajstić information content (AvgIpc) is 2.33. The van der Waals surface area contributed by atoms with E-state index < -0.39 is 10.0 Å². The third-order valence-corrected chi connectivity index (χ3v) is 4.22. The van der Waals surface area contributed by atoms with Gasteiger partial charge < -0.3 is 5.11 Å². The summed E-state index contributed by atoms with van der Waals surface area (Å²) < 4.78 is 26.6. The molecule has 0 saturated carbocycles. The zero-order valence-corrected chi connectivity index (χ0v) is 11.7. The molecule has 19 heavy (non-hydrogen) atoms. The molecule has 0 atom stereocenters. The first-order valence-electron chi connectivity index (χ1n) is 5.46. The lowest BCUT2D eigenvalue weighted by molar-refractivity contribution is 0.475. The number of halogens is 1. The summed E-state index contributed by atoms with van der Waals surface area (Å²) in [5.41, 5.74) is 1.20. The molecule has 0 aliphatic rings. The third kappa shape index (κ3) is 3.19. The molecule has 0 aliphatic heterocycles. The molecule has 0 amide bonds. The monoisotopic (exact) mass is 297 g/mol. The highest BCUT2D eigenvalue weighted by Crippen LogP contribution is 2.28. The van der Waals surface area contributed by atoms with Crippen LogP contribution in [0, 0.1) is 6.92 Å². The molecule has 0 heterocycles. The van der Waals surface area contributed by atoms with Gasteiger partial charge in [-0.25, -0.2) is 8.42 Å². The summed E-state index contributed by atoms with van der Waals surface area (Å²) in [4.78, 5) is 0.155. The number of nitrogens with one attached hydrogen (secondary N) is 1. The zero-order chi connectivity index (χ0) is 14.0. The van der Waals surface area contributed by atoms with E-state index in [1.807, 2.05) is 6.92 Å². The van der Waals surface area contributed by atoms with Crippen LogP contribution in [-0.2, 0) is 10.0 Å². The van der Waals surface area contributed by atoms with Gasteiger partial charge in [0, 0.05) is 6.07 Å². The number of phenols is 1. The van der Waals surface area contributed by atoms with Gasteiger partial charge in [-0.05, 0) is 31.2 Å². The lowest BCUT2D eigenvalue weighted by Crippen LogP contribution is -2.13. The van der Waals surface area contributed by atoms with Crippen molar-refractivity contribution in [1.29, 1.82) is 0 Å². The van der Waals surface area contributed by atoms with Crippen molar-refractivity contribution in [1.82, 2.24) is 0 Å². The highest BCUT2D eigenvalue weighted by Gasteiger charge is 2.15. The molecule has 0 aliphatic carbocycles. The van der Waals surface area contributed by atoms with Crippen LogP contribution in [0.2, 0.25) is 5.02 Å². The summed E-state index contributed by atoms with van der Waals surface area (Å²) in [5.74, 6) is -0.0247. The number of sulfonamides is 1. The lowest BCUT2D eigenvalue weighted by atomic mass is 10.2. The van der Waals surface area contributed by atoms with Crippen LogP contribution in [-0.4, -0.2) is 13.5 Å². The van der Waals surface area contributed by atoms with Gasteiger partial charge in [-0.2, -0.15) is 0 Å². The lowest BCUT2D eigenvalue weighted by Gasteiger charge is -2.10. The predicted molar refractivity (Wildman–Crippen MR) is 75.1 cm³/mol. The first-order valence-corrected chi connectivity index (χ1v) is 7.32. The number of anilines is 1. The van der Waals surface area contributed by atoms with Crippen molar-refractivity contribution in [3.63, 3.8) is 0 Å². The van der Waals surface area contributed by atoms with E-state index in [1.54, 1.807) is 12.1 Å². The SMILES string of the molecule is Cc1ccc(S(=O)(=O)Nc2ccc(O)cc2Cl)cc1. The van der Waals surface area contributed by atoms with Crippen LogP contribution < -0.4 is 4.72 Å². The van der Waals surface area contributed by atoms with Gasteiger partial charge in [-0.3, -0.25) is 4.72 Å². The van der Waals surface area contributed by atoms with Crippen LogP contribution in [0.1, 0.15) is 5.56 Å². The van der Waals surface area contributed by atoms with Crippen LogP contribution in [0.15, 0.2) is 47.4 Å². The normalized spacial score (nSPS) is 11.3. The molecule has 2 rings (SSSR count). The minimum atomic E-state index is -3.68. The smallest absolute Gasteiger partial charge is 0.261 e. The third-order valence-electron chi connectivity index (χ3n) is 2.53. The minimum Gasteiger partial charge on any atom is -0.508 e. The molecular weight excluding hydrogens is 286 g/mol. The fourth-order valence-electron chi connectivity index (χ4n) is 1.51. The maximum absolute atomic E-state index is 12.1. The summed E-state index contributed by atoms with van der Waals surface area (Å²) in [6.07, 6.45) is 0. The van der Waals surface area contributed by atoms with E-state index in [0.29, 0.717) is 0 Å². The Morgan fingerprint density at radius 2 is 1.74 bits per heavy atom. The Bertz CT molecular complexity index is 696. The first-order chi connectivity index (χ1) is 8.88. The summed E-state index contributed by atoms with van der Waals surface area (Å²) in [7, 11) is -3.68. The second-order valence-electron chi connectivity index (χ2n) is 4.08. The Morgan fingerprint density at radius 1 is 1.11 bits per heavy atom. The van der Waals surface area contributed by atoms with Crippen molar-refractivity contribution in [3.05, 3.63) is 53.1 Å². The largest absolute Gasteiger partial charge is 0.508 e. The molecule has 0 unspecified atom stereocenters.